The quantitative estimate of drug-likeness (QED) is 0.849. The number of aromatic nitrogens is 4. The monoisotopic (exact) mass is 309 g/mol. The number of benzene rings is 1. The van der Waals surface area contributed by atoms with Gasteiger partial charge in [0.05, 0.1) is 17.1 Å². The molecule has 21 heavy (non-hydrogen) atoms. The number of nitrogens with zero attached hydrogens (tertiary/aromatic N) is 4. The number of tetrazole rings is 1. The van der Waals surface area contributed by atoms with Crippen LogP contribution >= 0.6 is 0 Å². The van der Waals surface area contributed by atoms with Crippen molar-refractivity contribution >= 4 is 9.84 Å². The van der Waals surface area contributed by atoms with Crippen LogP contribution in [0.3, 0.4) is 0 Å². The minimum atomic E-state index is -3.20. The molecule has 0 radical (unpaired) electrons. The van der Waals surface area contributed by atoms with E-state index in [0.29, 0.717) is 18.3 Å². The minimum Gasteiger partial charge on any atom is -0.310 e. The van der Waals surface area contributed by atoms with Gasteiger partial charge in [-0.1, -0.05) is 13.8 Å². The first-order valence-corrected chi connectivity index (χ1v) is 8.55. The summed E-state index contributed by atoms with van der Waals surface area (Å²) in [6.07, 6.45) is 1.18. The molecular formula is C13H19N5O2S. The molecule has 0 bridgehead atoms. The van der Waals surface area contributed by atoms with E-state index in [-0.39, 0.29) is 4.90 Å². The number of nitrogens with one attached hydrogen (secondary N) is 1. The number of sulfone groups is 1. The van der Waals surface area contributed by atoms with Gasteiger partial charge in [-0.25, -0.2) is 8.42 Å². The van der Waals surface area contributed by atoms with Gasteiger partial charge in [0.25, 0.3) is 0 Å². The molecule has 0 unspecified atom stereocenters. The highest BCUT2D eigenvalue weighted by molar-refractivity contribution is 7.90. The lowest BCUT2D eigenvalue weighted by Gasteiger charge is -2.08. The van der Waals surface area contributed by atoms with Gasteiger partial charge in [-0.05, 0) is 47.2 Å². The molecule has 0 aliphatic rings. The van der Waals surface area contributed by atoms with Crippen molar-refractivity contribution in [1.29, 1.82) is 0 Å². The van der Waals surface area contributed by atoms with Gasteiger partial charge >= 0.3 is 0 Å². The second-order valence-corrected chi connectivity index (χ2v) is 7.31. The molecule has 2 aromatic rings. The van der Waals surface area contributed by atoms with Gasteiger partial charge in [0.2, 0.25) is 0 Å². The maximum Gasteiger partial charge on any atom is 0.175 e. The Morgan fingerprint density at radius 3 is 2.48 bits per heavy atom. The van der Waals surface area contributed by atoms with Gasteiger partial charge in [-0.2, -0.15) is 4.68 Å². The average molecular weight is 309 g/mol. The molecule has 0 fully saturated rings. The van der Waals surface area contributed by atoms with Crippen LogP contribution < -0.4 is 5.32 Å². The first-order chi connectivity index (χ1) is 9.88. The predicted octanol–water partition coefficient (Wildman–Crippen LogP) is 0.811. The Balaban J connectivity index is 2.17. The van der Waals surface area contributed by atoms with Crippen LogP contribution in [0.25, 0.3) is 5.69 Å². The fraction of sp³-hybridized carbons (Fsp3) is 0.462. The second-order valence-electron chi connectivity index (χ2n) is 5.30. The number of rotatable bonds is 6. The Bertz CT molecular complexity index is 692. The molecule has 0 saturated carbocycles. The van der Waals surface area contributed by atoms with Crippen LogP contribution in [0.1, 0.15) is 19.7 Å². The van der Waals surface area contributed by atoms with E-state index < -0.39 is 9.84 Å². The Hall–Kier alpha value is -1.80. The molecule has 7 nitrogen and oxygen atoms in total. The first kappa shape index (κ1) is 15.6. The van der Waals surface area contributed by atoms with Gasteiger partial charge in [-0.3, -0.25) is 0 Å². The molecule has 1 N–H and O–H groups in total. The molecule has 0 saturated heterocycles. The molecule has 2 rings (SSSR count). The second kappa shape index (κ2) is 6.31. The van der Waals surface area contributed by atoms with E-state index in [4.69, 9.17) is 0 Å². The average Bonchev–Trinajstić information content (AvgIpc) is 2.86. The van der Waals surface area contributed by atoms with Gasteiger partial charge in [-0.15, -0.1) is 5.10 Å². The third kappa shape index (κ3) is 4.08. The largest absolute Gasteiger partial charge is 0.310 e. The molecule has 114 valence electrons. The van der Waals surface area contributed by atoms with Crippen molar-refractivity contribution in [2.24, 2.45) is 5.92 Å². The van der Waals surface area contributed by atoms with E-state index in [1.807, 2.05) is 0 Å². The van der Waals surface area contributed by atoms with Crippen molar-refractivity contribution < 1.29 is 8.42 Å². The van der Waals surface area contributed by atoms with E-state index in [9.17, 15) is 8.42 Å². The molecule has 0 amide bonds. The summed E-state index contributed by atoms with van der Waals surface area (Å²) in [5, 5.41) is 14.9. The zero-order valence-electron chi connectivity index (χ0n) is 12.3. The highest BCUT2D eigenvalue weighted by Gasteiger charge is 2.10. The van der Waals surface area contributed by atoms with E-state index in [2.05, 4.69) is 34.7 Å². The van der Waals surface area contributed by atoms with Crippen LogP contribution in [0.2, 0.25) is 0 Å². The van der Waals surface area contributed by atoms with E-state index in [1.165, 1.54) is 6.26 Å². The third-order valence-electron chi connectivity index (χ3n) is 2.88. The van der Waals surface area contributed by atoms with Crippen LogP contribution in [0.15, 0.2) is 29.2 Å². The van der Waals surface area contributed by atoms with Gasteiger partial charge < -0.3 is 5.32 Å². The maximum atomic E-state index is 11.4. The minimum absolute atomic E-state index is 0.277. The lowest BCUT2D eigenvalue weighted by atomic mass is 10.2. The number of hydrogen-bond acceptors (Lipinski definition) is 6. The summed E-state index contributed by atoms with van der Waals surface area (Å²) in [4.78, 5) is 0.277. The lowest BCUT2D eigenvalue weighted by molar-refractivity contribution is 0.537. The highest BCUT2D eigenvalue weighted by Crippen LogP contribution is 2.13. The zero-order chi connectivity index (χ0) is 15.5. The Morgan fingerprint density at radius 1 is 1.24 bits per heavy atom. The van der Waals surface area contributed by atoms with Crippen molar-refractivity contribution in [1.82, 2.24) is 25.5 Å². The fourth-order valence-corrected chi connectivity index (χ4v) is 2.45. The standard InChI is InChI=1S/C13H19N5O2S/c1-10(2)8-14-9-13-15-16-17-18(13)11-4-6-12(7-5-11)21(3,19)20/h4-7,10,14H,8-9H2,1-3H3. The summed E-state index contributed by atoms with van der Waals surface area (Å²) in [5.41, 5.74) is 0.730. The maximum absolute atomic E-state index is 11.4. The van der Waals surface area contributed by atoms with E-state index in [0.717, 1.165) is 12.2 Å². The van der Waals surface area contributed by atoms with Crippen molar-refractivity contribution in [3.05, 3.63) is 30.1 Å². The Kier molecular flexibility index (Phi) is 4.69. The van der Waals surface area contributed by atoms with Crippen LogP contribution in [0.5, 0.6) is 0 Å². The Morgan fingerprint density at radius 2 is 1.90 bits per heavy atom. The summed E-state index contributed by atoms with van der Waals surface area (Å²) in [5.74, 6) is 1.23. The van der Waals surface area contributed by atoms with E-state index in [1.54, 1.807) is 28.9 Å². The summed E-state index contributed by atoms with van der Waals surface area (Å²) in [6, 6.07) is 6.49. The normalized spacial score (nSPS) is 12.0. The van der Waals surface area contributed by atoms with Gasteiger partial charge in [0.15, 0.2) is 15.7 Å². The molecule has 0 aliphatic heterocycles. The topological polar surface area (TPSA) is 89.8 Å². The molecule has 8 heteroatoms. The van der Waals surface area contributed by atoms with Crippen molar-refractivity contribution in [3.8, 4) is 5.69 Å². The fourth-order valence-electron chi connectivity index (χ4n) is 1.82. The smallest absolute Gasteiger partial charge is 0.175 e. The van der Waals surface area contributed by atoms with Crippen molar-refractivity contribution in [3.63, 3.8) is 0 Å². The molecule has 0 atom stereocenters. The first-order valence-electron chi connectivity index (χ1n) is 6.66. The van der Waals surface area contributed by atoms with Crippen LogP contribution in [-0.2, 0) is 16.4 Å². The molecule has 0 spiro atoms. The van der Waals surface area contributed by atoms with E-state index >= 15 is 0 Å². The van der Waals surface area contributed by atoms with Crippen LogP contribution in [0.4, 0.5) is 0 Å². The summed E-state index contributed by atoms with van der Waals surface area (Å²) < 4.78 is 24.5. The Labute approximate surface area is 124 Å². The highest BCUT2D eigenvalue weighted by atomic mass is 32.2. The van der Waals surface area contributed by atoms with Crippen molar-refractivity contribution in [2.75, 3.05) is 12.8 Å². The predicted molar refractivity (Wildman–Crippen MR) is 78.8 cm³/mol. The molecule has 1 aromatic heterocycles. The summed E-state index contributed by atoms with van der Waals surface area (Å²) in [7, 11) is -3.20. The zero-order valence-corrected chi connectivity index (χ0v) is 13.1. The van der Waals surface area contributed by atoms with Crippen molar-refractivity contribution in [2.45, 2.75) is 25.3 Å². The number of hydrogen-bond donors (Lipinski definition) is 1. The summed E-state index contributed by atoms with van der Waals surface area (Å²) in [6.45, 7) is 5.68. The molecular weight excluding hydrogens is 290 g/mol. The van der Waals surface area contributed by atoms with Gasteiger partial charge in [0.1, 0.15) is 0 Å². The lowest BCUT2D eigenvalue weighted by Crippen LogP contribution is -2.21. The molecule has 0 aliphatic carbocycles. The van der Waals surface area contributed by atoms with Crippen LogP contribution in [0, 0.1) is 5.92 Å². The molecule has 1 heterocycles. The summed E-state index contributed by atoms with van der Waals surface area (Å²) >= 11 is 0. The van der Waals surface area contributed by atoms with Crippen LogP contribution in [-0.4, -0.2) is 41.4 Å². The third-order valence-corrected chi connectivity index (χ3v) is 4.01. The SMILES string of the molecule is CC(C)CNCc1nnnn1-c1ccc(S(C)(=O)=O)cc1. The molecule has 1 aromatic carbocycles. The van der Waals surface area contributed by atoms with Gasteiger partial charge in [0, 0.05) is 6.26 Å².